The fourth-order valence-corrected chi connectivity index (χ4v) is 5.41. The number of carbonyl (C=O) groups excluding carboxylic acids is 1. The van der Waals surface area contributed by atoms with Crippen LogP contribution >= 0.6 is 11.3 Å². The zero-order valence-electron chi connectivity index (χ0n) is 19.0. The SMILES string of the molecule is Cc1ccc(-c2cn3c(CC(=O)Nc4ccccc4-c4cn5c(n4)CCCC5)csc3n2)cc1. The topological polar surface area (TPSA) is 64.2 Å². The average Bonchev–Trinajstić information content (AvgIpc) is 3.55. The molecular weight excluding hydrogens is 442 g/mol. The Morgan fingerprint density at radius 1 is 1.03 bits per heavy atom. The predicted octanol–water partition coefficient (Wildman–Crippen LogP) is 5.75. The van der Waals surface area contributed by atoms with Gasteiger partial charge in [0.25, 0.3) is 0 Å². The van der Waals surface area contributed by atoms with E-state index in [1.807, 2.05) is 40.2 Å². The standard InChI is InChI=1S/C27H25N5OS/c1-18-9-11-19(12-10-18)23-16-32-20(17-34-27(32)30-23)14-26(33)29-22-7-3-2-6-21(22)24-15-31-13-5-4-8-25(31)28-24/h2-3,6-7,9-12,15-17H,4-5,8,13-14H2,1H3,(H,29,33). The number of amides is 1. The maximum absolute atomic E-state index is 13.0. The maximum Gasteiger partial charge on any atom is 0.230 e. The van der Waals surface area contributed by atoms with Crippen molar-refractivity contribution < 1.29 is 4.79 Å². The number of aryl methyl sites for hydroxylation is 3. The van der Waals surface area contributed by atoms with Crippen LogP contribution in [-0.2, 0) is 24.2 Å². The molecule has 170 valence electrons. The smallest absolute Gasteiger partial charge is 0.230 e. The molecule has 1 aliphatic heterocycles. The van der Waals surface area contributed by atoms with Crippen LogP contribution in [0, 0.1) is 6.92 Å². The van der Waals surface area contributed by atoms with Crippen molar-refractivity contribution >= 4 is 27.9 Å². The molecule has 0 unspecified atom stereocenters. The Balaban J connectivity index is 1.23. The number of rotatable bonds is 5. The monoisotopic (exact) mass is 467 g/mol. The van der Waals surface area contributed by atoms with Gasteiger partial charge in [-0.2, -0.15) is 0 Å². The Morgan fingerprint density at radius 2 is 1.88 bits per heavy atom. The van der Waals surface area contributed by atoms with Crippen molar-refractivity contribution in [2.24, 2.45) is 0 Å². The highest BCUT2D eigenvalue weighted by Crippen LogP contribution is 2.29. The molecule has 0 aliphatic carbocycles. The quantitative estimate of drug-likeness (QED) is 0.358. The summed E-state index contributed by atoms with van der Waals surface area (Å²) in [5.41, 5.74) is 6.81. The second-order valence-corrected chi connectivity index (χ2v) is 9.67. The first-order chi connectivity index (χ1) is 16.6. The van der Waals surface area contributed by atoms with Gasteiger partial charge in [0, 0.05) is 47.6 Å². The normalized spacial score (nSPS) is 13.2. The summed E-state index contributed by atoms with van der Waals surface area (Å²) in [6.07, 6.45) is 7.79. The lowest BCUT2D eigenvalue weighted by atomic mass is 10.1. The van der Waals surface area contributed by atoms with E-state index in [-0.39, 0.29) is 12.3 Å². The minimum absolute atomic E-state index is 0.0540. The molecule has 1 amide bonds. The van der Waals surface area contributed by atoms with Gasteiger partial charge < -0.3 is 9.88 Å². The van der Waals surface area contributed by atoms with Crippen molar-refractivity contribution in [1.29, 1.82) is 0 Å². The minimum atomic E-state index is -0.0540. The molecule has 4 heterocycles. The Morgan fingerprint density at radius 3 is 2.74 bits per heavy atom. The van der Waals surface area contributed by atoms with Gasteiger partial charge in [-0.05, 0) is 25.8 Å². The molecule has 0 atom stereocenters. The van der Waals surface area contributed by atoms with Crippen molar-refractivity contribution in [3.05, 3.63) is 83.4 Å². The molecule has 3 aromatic heterocycles. The Bertz CT molecular complexity index is 1470. The summed E-state index contributed by atoms with van der Waals surface area (Å²) in [5.74, 6) is 1.08. The molecular formula is C27H25N5OS. The number of nitrogens with one attached hydrogen (secondary N) is 1. The molecule has 34 heavy (non-hydrogen) atoms. The van der Waals surface area contributed by atoms with Gasteiger partial charge in [-0.25, -0.2) is 9.97 Å². The van der Waals surface area contributed by atoms with Crippen molar-refractivity contribution in [3.8, 4) is 22.5 Å². The van der Waals surface area contributed by atoms with E-state index < -0.39 is 0 Å². The van der Waals surface area contributed by atoms with Gasteiger partial charge in [-0.3, -0.25) is 9.20 Å². The van der Waals surface area contributed by atoms with Crippen LogP contribution < -0.4 is 5.32 Å². The number of thiazole rings is 1. The number of carbonyl (C=O) groups is 1. The third-order valence-corrected chi connectivity index (χ3v) is 7.25. The van der Waals surface area contributed by atoms with Gasteiger partial charge in [-0.1, -0.05) is 48.0 Å². The van der Waals surface area contributed by atoms with Crippen molar-refractivity contribution in [2.75, 3.05) is 5.32 Å². The van der Waals surface area contributed by atoms with Gasteiger partial charge in [0.05, 0.1) is 23.5 Å². The van der Waals surface area contributed by atoms with Crippen LogP contribution in [0.2, 0.25) is 0 Å². The van der Waals surface area contributed by atoms with Crippen LogP contribution in [0.25, 0.3) is 27.5 Å². The number of aromatic nitrogens is 4. The van der Waals surface area contributed by atoms with E-state index in [1.165, 1.54) is 18.4 Å². The van der Waals surface area contributed by atoms with Gasteiger partial charge in [-0.15, -0.1) is 11.3 Å². The molecule has 5 aromatic rings. The number of benzene rings is 2. The average molecular weight is 468 g/mol. The van der Waals surface area contributed by atoms with Crippen LogP contribution in [0.15, 0.2) is 66.3 Å². The lowest BCUT2D eigenvalue weighted by Crippen LogP contribution is -2.15. The largest absolute Gasteiger partial charge is 0.334 e. The van der Waals surface area contributed by atoms with Crippen LogP contribution in [0.4, 0.5) is 5.69 Å². The van der Waals surface area contributed by atoms with Crippen LogP contribution in [0.1, 0.15) is 29.9 Å². The summed E-state index contributed by atoms with van der Waals surface area (Å²) < 4.78 is 4.26. The Hall–Kier alpha value is -3.71. The van der Waals surface area contributed by atoms with E-state index in [0.29, 0.717) is 0 Å². The van der Waals surface area contributed by atoms with Crippen LogP contribution in [-0.4, -0.2) is 24.8 Å². The molecule has 1 aliphatic rings. The van der Waals surface area contributed by atoms with E-state index in [9.17, 15) is 4.79 Å². The zero-order valence-corrected chi connectivity index (χ0v) is 19.8. The number of para-hydroxylation sites is 1. The minimum Gasteiger partial charge on any atom is -0.334 e. The summed E-state index contributed by atoms with van der Waals surface area (Å²) in [6.45, 7) is 3.09. The third kappa shape index (κ3) is 3.92. The lowest BCUT2D eigenvalue weighted by Gasteiger charge is -2.11. The molecule has 6 rings (SSSR count). The van der Waals surface area contributed by atoms with Gasteiger partial charge >= 0.3 is 0 Å². The third-order valence-electron chi connectivity index (χ3n) is 6.36. The molecule has 0 saturated heterocycles. The summed E-state index contributed by atoms with van der Waals surface area (Å²) >= 11 is 1.56. The first kappa shape index (κ1) is 20.9. The fraction of sp³-hybridized carbons (Fsp3) is 0.222. The van der Waals surface area contributed by atoms with Crippen LogP contribution in [0.3, 0.4) is 0 Å². The first-order valence-electron chi connectivity index (χ1n) is 11.6. The van der Waals surface area contributed by atoms with E-state index in [0.717, 1.165) is 57.6 Å². The highest BCUT2D eigenvalue weighted by molar-refractivity contribution is 7.15. The second kappa shape index (κ2) is 8.57. The van der Waals surface area contributed by atoms with Crippen molar-refractivity contribution in [1.82, 2.24) is 18.9 Å². The number of hydrogen-bond donors (Lipinski definition) is 1. The van der Waals surface area contributed by atoms with Gasteiger partial charge in [0.15, 0.2) is 4.96 Å². The van der Waals surface area contributed by atoms with E-state index >= 15 is 0 Å². The second-order valence-electron chi connectivity index (χ2n) is 8.84. The highest BCUT2D eigenvalue weighted by Gasteiger charge is 2.17. The zero-order chi connectivity index (χ0) is 23.1. The maximum atomic E-state index is 13.0. The highest BCUT2D eigenvalue weighted by atomic mass is 32.1. The van der Waals surface area contributed by atoms with E-state index in [2.05, 4.69) is 47.3 Å². The van der Waals surface area contributed by atoms with E-state index in [1.54, 1.807) is 11.3 Å². The summed E-state index contributed by atoms with van der Waals surface area (Å²) in [7, 11) is 0. The Labute approximate surface area is 201 Å². The number of imidazole rings is 2. The van der Waals surface area contributed by atoms with Gasteiger partial charge in [0.2, 0.25) is 5.91 Å². The molecule has 1 N–H and O–H groups in total. The van der Waals surface area contributed by atoms with Crippen LogP contribution in [0.5, 0.6) is 0 Å². The molecule has 0 bridgehead atoms. The predicted molar refractivity (Wildman–Crippen MR) is 136 cm³/mol. The molecule has 0 fully saturated rings. The summed E-state index contributed by atoms with van der Waals surface area (Å²) in [5, 5.41) is 5.13. The Kier molecular flexibility index (Phi) is 5.26. The van der Waals surface area contributed by atoms with Crippen molar-refractivity contribution in [3.63, 3.8) is 0 Å². The molecule has 0 radical (unpaired) electrons. The van der Waals surface area contributed by atoms with Gasteiger partial charge in [0.1, 0.15) is 5.82 Å². The molecule has 0 spiro atoms. The molecule has 0 saturated carbocycles. The lowest BCUT2D eigenvalue weighted by molar-refractivity contribution is -0.115. The number of nitrogens with zero attached hydrogens (tertiary/aromatic N) is 4. The summed E-state index contributed by atoms with van der Waals surface area (Å²) in [4.78, 5) is 23.5. The number of fused-ring (bicyclic) bond motifs is 2. The summed E-state index contributed by atoms with van der Waals surface area (Å²) in [6, 6.07) is 16.2. The number of hydrogen-bond acceptors (Lipinski definition) is 4. The first-order valence-corrected chi connectivity index (χ1v) is 12.5. The number of anilines is 1. The molecule has 2 aromatic carbocycles. The van der Waals surface area contributed by atoms with E-state index in [4.69, 9.17) is 9.97 Å². The molecule has 6 nitrogen and oxygen atoms in total. The molecule has 7 heteroatoms. The van der Waals surface area contributed by atoms with Crippen molar-refractivity contribution in [2.45, 2.75) is 39.2 Å². The fourth-order valence-electron chi connectivity index (χ4n) is 4.54.